The molecule has 0 amide bonds. The van der Waals surface area contributed by atoms with Crippen molar-refractivity contribution in [3.63, 3.8) is 0 Å². The molecule has 0 spiro atoms. The summed E-state index contributed by atoms with van der Waals surface area (Å²) in [4.78, 5) is 13.8. The van der Waals surface area contributed by atoms with Crippen LogP contribution in [-0.4, -0.2) is 64.8 Å². The van der Waals surface area contributed by atoms with Gasteiger partial charge < -0.3 is 15.1 Å². The predicted molar refractivity (Wildman–Crippen MR) is 84.8 cm³/mol. The molecule has 1 saturated heterocycles. The van der Waals surface area contributed by atoms with Gasteiger partial charge in [0.05, 0.1) is 11.6 Å². The van der Waals surface area contributed by atoms with E-state index in [2.05, 4.69) is 49.3 Å². The topological polar surface area (TPSA) is 73.0 Å². The second kappa shape index (κ2) is 5.85. The van der Waals surface area contributed by atoms with Crippen molar-refractivity contribution in [1.29, 1.82) is 0 Å². The summed E-state index contributed by atoms with van der Waals surface area (Å²) in [6, 6.07) is 0.519. The lowest BCUT2D eigenvalue weighted by Crippen LogP contribution is -2.43. The van der Waals surface area contributed by atoms with Crippen LogP contribution in [0.3, 0.4) is 0 Å². The van der Waals surface area contributed by atoms with E-state index < -0.39 is 0 Å². The minimum Gasteiger partial charge on any atom is -0.357 e. The number of anilines is 2. The molecule has 0 saturated carbocycles. The zero-order valence-electron chi connectivity index (χ0n) is 12.9. The molecule has 0 bridgehead atoms. The SMILES string of the molecule is CCN1CCC(N(C)c2nc(NC)nc3[nH]ncc23)CC1. The lowest BCUT2D eigenvalue weighted by Gasteiger charge is -2.37. The number of rotatable bonds is 4. The first kappa shape index (κ1) is 14.1. The van der Waals surface area contributed by atoms with Gasteiger partial charge in [0.15, 0.2) is 5.65 Å². The summed E-state index contributed by atoms with van der Waals surface area (Å²) in [7, 11) is 3.96. The van der Waals surface area contributed by atoms with Crippen LogP contribution in [0.15, 0.2) is 6.20 Å². The van der Waals surface area contributed by atoms with Crippen molar-refractivity contribution in [3.8, 4) is 0 Å². The van der Waals surface area contributed by atoms with E-state index in [0.29, 0.717) is 12.0 Å². The molecule has 114 valence electrons. The monoisotopic (exact) mass is 289 g/mol. The van der Waals surface area contributed by atoms with Crippen LogP contribution in [0.5, 0.6) is 0 Å². The normalized spacial score (nSPS) is 17.3. The lowest BCUT2D eigenvalue weighted by atomic mass is 10.0. The van der Waals surface area contributed by atoms with Crippen molar-refractivity contribution in [2.75, 3.05) is 43.9 Å². The number of likely N-dealkylation sites (tertiary alicyclic amines) is 1. The number of hydrogen-bond donors (Lipinski definition) is 2. The molecule has 0 unspecified atom stereocenters. The molecule has 1 aliphatic rings. The number of fused-ring (bicyclic) bond motifs is 1. The van der Waals surface area contributed by atoms with Crippen molar-refractivity contribution >= 4 is 22.8 Å². The summed E-state index contributed by atoms with van der Waals surface area (Å²) in [6.07, 6.45) is 4.15. The van der Waals surface area contributed by atoms with Gasteiger partial charge in [-0.25, -0.2) is 0 Å². The number of nitrogens with zero attached hydrogens (tertiary/aromatic N) is 5. The Balaban J connectivity index is 1.87. The number of aromatic nitrogens is 4. The van der Waals surface area contributed by atoms with Gasteiger partial charge in [-0.15, -0.1) is 0 Å². The molecule has 0 radical (unpaired) electrons. The zero-order valence-corrected chi connectivity index (χ0v) is 12.9. The Hall–Kier alpha value is -1.89. The Bertz CT molecular complexity index is 600. The third kappa shape index (κ3) is 2.65. The van der Waals surface area contributed by atoms with Gasteiger partial charge in [-0.05, 0) is 19.4 Å². The number of hydrogen-bond acceptors (Lipinski definition) is 6. The molecule has 2 aromatic heterocycles. The van der Waals surface area contributed by atoms with Crippen LogP contribution in [0.4, 0.5) is 11.8 Å². The highest BCUT2D eigenvalue weighted by Crippen LogP contribution is 2.27. The number of piperidine rings is 1. The molecule has 3 heterocycles. The Kier molecular flexibility index (Phi) is 3.92. The molecule has 7 nitrogen and oxygen atoms in total. The maximum absolute atomic E-state index is 4.64. The average Bonchev–Trinajstić information content (AvgIpc) is 3.01. The third-order valence-corrected chi connectivity index (χ3v) is 4.40. The van der Waals surface area contributed by atoms with E-state index in [-0.39, 0.29) is 0 Å². The van der Waals surface area contributed by atoms with Crippen molar-refractivity contribution in [2.45, 2.75) is 25.8 Å². The van der Waals surface area contributed by atoms with Crippen LogP contribution < -0.4 is 10.2 Å². The fraction of sp³-hybridized carbons (Fsp3) is 0.643. The second-order valence-corrected chi connectivity index (χ2v) is 5.53. The highest BCUT2D eigenvalue weighted by atomic mass is 15.3. The van der Waals surface area contributed by atoms with E-state index in [9.17, 15) is 0 Å². The summed E-state index contributed by atoms with van der Waals surface area (Å²) in [5.74, 6) is 1.58. The highest BCUT2D eigenvalue weighted by molar-refractivity contribution is 5.87. The summed E-state index contributed by atoms with van der Waals surface area (Å²) in [6.45, 7) is 5.68. The molecule has 0 atom stereocenters. The molecule has 21 heavy (non-hydrogen) atoms. The van der Waals surface area contributed by atoms with Gasteiger partial charge in [-0.1, -0.05) is 6.92 Å². The molecular weight excluding hydrogens is 266 g/mol. The van der Waals surface area contributed by atoms with Crippen molar-refractivity contribution in [2.24, 2.45) is 0 Å². The van der Waals surface area contributed by atoms with E-state index in [0.717, 1.165) is 36.5 Å². The quantitative estimate of drug-likeness (QED) is 0.884. The van der Waals surface area contributed by atoms with Gasteiger partial charge in [-0.3, -0.25) is 5.10 Å². The van der Waals surface area contributed by atoms with Gasteiger partial charge in [0, 0.05) is 33.2 Å². The van der Waals surface area contributed by atoms with Crippen molar-refractivity contribution < 1.29 is 0 Å². The first-order chi connectivity index (χ1) is 10.2. The summed E-state index contributed by atoms with van der Waals surface area (Å²) in [5, 5.41) is 11.0. The van der Waals surface area contributed by atoms with E-state index in [1.165, 1.54) is 12.8 Å². The smallest absolute Gasteiger partial charge is 0.226 e. The molecule has 0 aliphatic carbocycles. The largest absolute Gasteiger partial charge is 0.357 e. The van der Waals surface area contributed by atoms with Crippen molar-refractivity contribution in [3.05, 3.63) is 6.20 Å². The first-order valence-corrected chi connectivity index (χ1v) is 7.57. The maximum Gasteiger partial charge on any atom is 0.226 e. The Morgan fingerprint density at radius 1 is 1.38 bits per heavy atom. The maximum atomic E-state index is 4.64. The number of H-pyrrole nitrogens is 1. The number of nitrogens with one attached hydrogen (secondary N) is 2. The average molecular weight is 289 g/mol. The minimum absolute atomic E-state index is 0.519. The standard InChI is InChI=1S/C14H23N7/c1-4-21-7-5-10(6-8-21)20(3)13-11-9-16-19-12(11)17-14(15-2)18-13/h9-10H,4-8H2,1-3H3,(H2,15,16,17,18,19). The number of aromatic amines is 1. The molecule has 7 heteroatoms. The second-order valence-electron chi connectivity index (χ2n) is 5.53. The summed E-state index contributed by atoms with van der Waals surface area (Å²) >= 11 is 0. The zero-order chi connectivity index (χ0) is 14.8. The minimum atomic E-state index is 0.519. The van der Waals surface area contributed by atoms with Gasteiger partial charge in [0.1, 0.15) is 5.82 Å². The van der Waals surface area contributed by atoms with Gasteiger partial charge in [0.2, 0.25) is 5.95 Å². The van der Waals surface area contributed by atoms with E-state index in [4.69, 9.17) is 0 Å². The van der Waals surface area contributed by atoms with E-state index in [1.54, 1.807) is 0 Å². The highest BCUT2D eigenvalue weighted by Gasteiger charge is 2.24. The van der Waals surface area contributed by atoms with E-state index >= 15 is 0 Å². The molecule has 0 aromatic carbocycles. The fourth-order valence-electron chi connectivity index (χ4n) is 3.00. The molecule has 3 rings (SSSR count). The molecule has 1 aliphatic heterocycles. The third-order valence-electron chi connectivity index (χ3n) is 4.40. The Morgan fingerprint density at radius 3 is 2.81 bits per heavy atom. The van der Waals surface area contributed by atoms with E-state index in [1.807, 2.05) is 13.2 Å². The summed E-state index contributed by atoms with van der Waals surface area (Å²) < 4.78 is 0. The van der Waals surface area contributed by atoms with Crippen molar-refractivity contribution in [1.82, 2.24) is 25.1 Å². The van der Waals surface area contributed by atoms with Gasteiger partial charge in [-0.2, -0.15) is 15.1 Å². The first-order valence-electron chi connectivity index (χ1n) is 7.57. The molecular formula is C14H23N7. The molecule has 2 aromatic rings. The van der Waals surface area contributed by atoms with Crippen LogP contribution in [0, 0.1) is 0 Å². The van der Waals surface area contributed by atoms with Crippen LogP contribution in [0.2, 0.25) is 0 Å². The Morgan fingerprint density at radius 2 is 2.14 bits per heavy atom. The van der Waals surface area contributed by atoms with Gasteiger partial charge in [0.25, 0.3) is 0 Å². The molecule has 2 N–H and O–H groups in total. The van der Waals surface area contributed by atoms with Gasteiger partial charge >= 0.3 is 0 Å². The summed E-state index contributed by atoms with van der Waals surface area (Å²) in [5.41, 5.74) is 0.780. The Labute approximate surface area is 124 Å². The van der Waals surface area contributed by atoms with Crippen LogP contribution in [-0.2, 0) is 0 Å². The molecule has 1 fully saturated rings. The van der Waals surface area contributed by atoms with Crippen LogP contribution in [0.1, 0.15) is 19.8 Å². The fourth-order valence-corrected chi connectivity index (χ4v) is 3.00. The van der Waals surface area contributed by atoms with Crippen LogP contribution >= 0.6 is 0 Å². The lowest BCUT2D eigenvalue weighted by molar-refractivity contribution is 0.220. The van der Waals surface area contributed by atoms with Crippen LogP contribution in [0.25, 0.3) is 11.0 Å². The predicted octanol–water partition coefficient (Wildman–Crippen LogP) is 1.32.